The average molecular weight is 397 g/mol. The molecule has 0 atom stereocenters. The number of nitrogens with zero attached hydrogens (tertiary/aromatic N) is 5. The monoisotopic (exact) mass is 396 g/mol. The molecule has 27 heavy (non-hydrogen) atoms. The van der Waals surface area contributed by atoms with Crippen LogP contribution in [0.5, 0.6) is 0 Å². The Bertz CT molecular complexity index is 1260. The van der Waals surface area contributed by atoms with Crippen LogP contribution in [0.4, 0.5) is 0 Å². The summed E-state index contributed by atoms with van der Waals surface area (Å²) >= 11 is 3.14. The van der Waals surface area contributed by atoms with Crippen molar-refractivity contribution in [2.45, 2.75) is 13.0 Å². The lowest BCUT2D eigenvalue weighted by Gasteiger charge is -2.09. The Balaban J connectivity index is 1.58. The van der Waals surface area contributed by atoms with Crippen LogP contribution in [0.2, 0.25) is 0 Å². The van der Waals surface area contributed by atoms with Crippen LogP contribution in [0.25, 0.3) is 21.3 Å². The summed E-state index contributed by atoms with van der Waals surface area (Å²) in [7, 11) is 1.89. The fourth-order valence-corrected chi connectivity index (χ4v) is 4.95. The van der Waals surface area contributed by atoms with Gasteiger partial charge < -0.3 is 9.88 Å². The Hall–Kier alpha value is -2.78. The third-order valence-corrected chi connectivity index (χ3v) is 6.30. The molecule has 0 radical (unpaired) electrons. The number of hydrogen-bond donors (Lipinski definition) is 1. The molecule has 0 fully saturated rings. The third kappa shape index (κ3) is 2.79. The molecular formula is C18H16N6OS2. The molecule has 136 valence electrons. The number of nitrogens with one attached hydrogen (secondary N) is 1. The van der Waals surface area contributed by atoms with Crippen molar-refractivity contribution in [1.29, 1.82) is 0 Å². The second-order valence-corrected chi connectivity index (χ2v) is 8.15. The van der Waals surface area contributed by atoms with Crippen LogP contribution in [0.3, 0.4) is 0 Å². The number of aromatic nitrogens is 5. The predicted molar refractivity (Wildman–Crippen MR) is 108 cm³/mol. The highest BCUT2D eigenvalue weighted by Gasteiger charge is 2.19. The van der Waals surface area contributed by atoms with Crippen molar-refractivity contribution >= 4 is 43.9 Å². The first-order valence-corrected chi connectivity index (χ1v) is 10.3. The molecule has 0 spiro atoms. The van der Waals surface area contributed by atoms with Gasteiger partial charge in [-0.2, -0.15) is 5.10 Å². The molecule has 1 N–H and O–H groups in total. The fraction of sp³-hybridized carbons (Fsp3) is 0.222. The van der Waals surface area contributed by atoms with Gasteiger partial charge in [-0.1, -0.05) is 12.2 Å². The summed E-state index contributed by atoms with van der Waals surface area (Å²) in [5, 5.41) is 11.5. The molecule has 0 saturated carbocycles. The lowest BCUT2D eigenvalue weighted by Crippen LogP contribution is -2.24. The van der Waals surface area contributed by atoms with Gasteiger partial charge in [0.15, 0.2) is 5.65 Å². The van der Waals surface area contributed by atoms with Crippen LogP contribution >= 0.6 is 22.7 Å². The minimum atomic E-state index is -0.114. The van der Waals surface area contributed by atoms with E-state index in [1.807, 2.05) is 17.0 Å². The molecule has 5 rings (SSSR count). The largest absolute Gasteiger partial charge is 0.385 e. The summed E-state index contributed by atoms with van der Waals surface area (Å²) in [5.41, 5.74) is 5.12. The van der Waals surface area contributed by atoms with Crippen LogP contribution in [0.1, 0.15) is 10.7 Å². The highest BCUT2D eigenvalue weighted by atomic mass is 32.1. The van der Waals surface area contributed by atoms with Crippen molar-refractivity contribution in [1.82, 2.24) is 29.6 Å². The first-order chi connectivity index (χ1) is 13.2. The first-order valence-electron chi connectivity index (χ1n) is 8.51. The highest BCUT2D eigenvalue weighted by Crippen LogP contribution is 2.31. The summed E-state index contributed by atoms with van der Waals surface area (Å²) in [4.78, 5) is 22.0. The van der Waals surface area contributed by atoms with Gasteiger partial charge in [-0.3, -0.25) is 4.79 Å². The molecule has 0 aliphatic carbocycles. The normalized spacial score (nSPS) is 14.0. The molecule has 4 aromatic rings. The zero-order valence-corrected chi connectivity index (χ0v) is 16.2. The number of rotatable bonds is 4. The molecule has 9 heteroatoms. The molecule has 1 aliphatic heterocycles. The summed E-state index contributed by atoms with van der Waals surface area (Å²) in [6.07, 6.45) is 8.75. The zero-order chi connectivity index (χ0) is 18.4. The number of aryl methyl sites for hydroxylation is 1. The first kappa shape index (κ1) is 16.4. The van der Waals surface area contributed by atoms with Crippen LogP contribution in [-0.2, 0) is 20.0 Å². The standard InChI is InChI=1S/C18H16N6OS2/c1-23-15-13(7-21-24(18(15)25)8-12-9-26-10-20-12)16-17(23)22-14(27-16)6-11-4-2-3-5-19-11/h2-4,7,9-10,19H,5-6,8H2,1H3. The minimum absolute atomic E-state index is 0.114. The van der Waals surface area contributed by atoms with Crippen molar-refractivity contribution in [3.05, 3.63) is 62.1 Å². The van der Waals surface area contributed by atoms with Crippen LogP contribution in [-0.4, -0.2) is 30.9 Å². The van der Waals surface area contributed by atoms with E-state index in [2.05, 4.69) is 33.6 Å². The topological polar surface area (TPSA) is 77.6 Å². The Labute approximate surface area is 162 Å². The number of thiazole rings is 2. The Morgan fingerprint density at radius 3 is 3.07 bits per heavy atom. The molecule has 4 aromatic heterocycles. The molecule has 1 aliphatic rings. The summed E-state index contributed by atoms with van der Waals surface area (Å²) in [6.45, 7) is 1.23. The van der Waals surface area contributed by atoms with Gasteiger partial charge in [-0.05, 0) is 6.08 Å². The third-order valence-electron chi connectivity index (χ3n) is 4.59. The van der Waals surface area contributed by atoms with Crippen molar-refractivity contribution in [3.63, 3.8) is 0 Å². The van der Waals surface area contributed by atoms with Gasteiger partial charge in [-0.15, -0.1) is 22.7 Å². The molecule has 7 nitrogen and oxygen atoms in total. The Morgan fingerprint density at radius 2 is 2.30 bits per heavy atom. The summed E-state index contributed by atoms with van der Waals surface area (Å²) in [6, 6.07) is 0. The van der Waals surface area contributed by atoms with Gasteiger partial charge >= 0.3 is 0 Å². The Kier molecular flexibility index (Phi) is 3.91. The average Bonchev–Trinajstić information content (AvgIpc) is 3.38. The number of dihydropyridines is 1. The SMILES string of the molecule is Cn1c2nc(CC3=CC=CCN3)sc2c2cnn(Cc3cscn3)c(=O)c21. The van der Waals surface area contributed by atoms with Gasteiger partial charge in [0.2, 0.25) is 0 Å². The zero-order valence-electron chi connectivity index (χ0n) is 14.5. The lowest BCUT2D eigenvalue weighted by molar-refractivity contribution is 0.635. The molecule has 0 bridgehead atoms. The van der Waals surface area contributed by atoms with Gasteiger partial charge in [0, 0.05) is 36.5 Å². The number of allylic oxidation sites excluding steroid dienone is 3. The van der Waals surface area contributed by atoms with Gasteiger partial charge in [0.05, 0.1) is 28.6 Å². The molecule has 0 saturated heterocycles. The maximum absolute atomic E-state index is 13.0. The van der Waals surface area contributed by atoms with E-state index in [1.165, 1.54) is 16.0 Å². The van der Waals surface area contributed by atoms with E-state index in [0.29, 0.717) is 12.1 Å². The quantitative estimate of drug-likeness (QED) is 0.573. The van der Waals surface area contributed by atoms with Crippen LogP contribution in [0.15, 0.2) is 45.8 Å². The van der Waals surface area contributed by atoms with E-state index in [0.717, 1.165) is 45.1 Å². The maximum Gasteiger partial charge on any atom is 0.291 e. The maximum atomic E-state index is 13.0. The van der Waals surface area contributed by atoms with Crippen molar-refractivity contribution in [3.8, 4) is 0 Å². The van der Waals surface area contributed by atoms with E-state index in [-0.39, 0.29) is 5.56 Å². The van der Waals surface area contributed by atoms with Crippen LogP contribution in [0, 0.1) is 0 Å². The van der Waals surface area contributed by atoms with Gasteiger partial charge in [-0.25, -0.2) is 14.6 Å². The van der Waals surface area contributed by atoms with E-state index >= 15 is 0 Å². The molecule has 0 aromatic carbocycles. The lowest BCUT2D eigenvalue weighted by atomic mass is 10.2. The van der Waals surface area contributed by atoms with Crippen LogP contribution < -0.4 is 10.9 Å². The number of hydrogen-bond acceptors (Lipinski definition) is 7. The molecule has 5 heterocycles. The van der Waals surface area contributed by atoms with Crippen molar-refractivity contribution in [2.75, 3.05) is 6.54 Å². The fourth-order valence-electron chi connectivity index (χ4n) is 3.28. The van der Waals surface area contributed by atoms with Crippen molar-refractivity contribution in [2.24, 2.45) is 7.05 Å². The van der Waals surface area contributed by atoms with E-state index in [9.17, 15) is 4.79 Å². The smallest absolute Gasteiger partial charge is 0.291 e. The Morgan fingerprint density at radius 1 is 1.37 bits per heavy atom. The summed E-state index contributed by atoms with van der Waals surface area (Å²) < 4.78 is 4.36. The van der Waals surface area contributed by atoms with Crippen molar-refractivity contribution < 1.29 is 0 Å². The molecular weight excluding hydrogens is 380 g/mol. The number of fused-ring (bicyclic) bond motifs is 3. The van der Waals surface area contributed by atoms with E-state index < -0.39 is 0 Å². The summed E-state index contributed by atoms with van der Waals surface area (Å²) in [5.74, 6) is 0. The van der Waals surface area contributed by atoms with E-state index in [4.69, 9.17) is 4.98 Å². The highest BCUT2D eigenvalue weighted by molar-refractivity contribution is 7.19. The molecule has 0 amide bonds. The van der Waals surface area contributed by atoms with E-state index in [1.54, 1.807) is 23.0 Å². The minimum Gasteiger partial charge on any atom is -0.385 e. The second-order valence-electron chi connectivity index (χ2n) is 6.35. The second kappa shape index (κ2) is 6.43. The van der Waals surface area contributed by atoms with Gasteiger partial charge in [0.1, 0.15) is 10.5 Å². The predicted octanol–water partition coefficient (Wildman–Crippen LogP) is 2.44. The molecule has 0 unspecified atom stereocenters. The van der Waals surface area contributed by atoms with Gasteiger partial charge in [0.25, 0.3) is 5.56 Å².